The quantitative estimate of drug-likeness (QED) is 0.509. The fourth-order valence-corrected chi connectivity index (χ4v) is 1.67. The fraction of sp³-hybridized carbons (Fsp3) is 0.231. The number of hydrogen-bond acceptors (Lipinski definition) is 4. The number of carbonyl (C=O) groups is 2. The summed E-state index contributed by atoms with van der Waals surface area (Å²) in [6, 6.07) is 6.96. The highest BCUT2D eigenvalue weighted by Crippen LogP contribution is 2.21. The minimum Gasteiger partial charge on any atom is -0.497 e. The van der Waals surface area contributed by atoms with E-state index >= 15 is 0 Å². The van der Waals surface area contributed by atoms with Crippen LogP contribution in [0.25, 0.3) is 10.9 Å². The zero-order valence-corrected chi connectivity index (χ0v) is 10.1. The molecule has 5 heteroatoms. The number of nitrogens with one attached hydrogen (secondary N) is 1. The number of carbonyl (C=O) groups excluding carboxylic acids is 2. The number of esters is 1. The van der Waals surface area contributed by atoms with Gasteiger partial charge in [-0.05, 0) is 31.2 Å². The van der Waals surface area contributed by atoms with Gasteiger partial charge in [0.05, 0.1) is 19.4 Å². The zero-order chi connectivity index (χ0) is 13.1. The average Bonchev–Trinajstić information content (AvgIpc) is 2.80. The van der Waals surface area contributed by atoms with E-state index in [9.17, 15) is 9.59 Å². The van der Waals surface area contributed by atoms with Crippen molar-refractivity contribution in [3.63, 3.8) is 0 Å². The van der Waals surface area contributed by atoms with Crippen molar-refractivity contribution in [1.29, 1.82) is 0 Å². The summed E-state index contributed by atoms with van der Waals surface area (Å²) >= 11 is 0. The topological polar surface area (TPSA) is 68.4 Å². The predicted molar refractivity (Wildman–Crippen MR) is 65.8 cm³/mol. The molecule has 1 aromatic heterocycles. The number of Topliss-reactive ketones (excluding diaryl/α,β-unsaturated/α-hetero) is 1. The van der Waals surface area contributed by atoms with Crippen molar-refractivity contribution >= 4 is 22.7 Å². The molecule has 0 fully saturated rings. The Morgan fingerprint density at radius 3 is 2.72 bits per heavy atom. The minimum atomic E-state index is -0.851. The van der Waals surface area contributed by atoms with Gasteiger partial charge in [0.1, 0.15) is 5.75 Å². The first-order valence-corrected chi connectivity index (χ1v) is 5.54. The van der Waals surface area contributed by atoms with E-state index in [4.69, 9.17) is 4.74 Å². The third-order valence-electron chi connectivity index (χ3n) is 2.53. The van der Waals surface area contributed by atoms with Crippen LogP contribution in [0.2, 0.25) is 0 Å². The molecular formula is C13H13NO4. The van der Waals surface area contributed by atoms with Crippen molar-refractivity contribution in [3.05, 3.63) is 30.0 Å². The molecule has 0 amide bonds. The Bertz CT molecular complexity index is 600. The number of H-pyrrole nitrogens is 1. The van der Waals surface area contributed by atoms with Crippen LogP contribution in [0.1, 0.15) is 17.4 Å². The number of methoxy groups -OCH3 is 1. The summed E-state index contributed by atoms with van der Waals surface area (Å²) in [4.78, 5) is 25.9. The normalized spacial score (nSPS) is 10.3. The van der Waals surface area contributed by atoms with Crippen molar-refractivity contribution in [2.75, 3.05) is 13.7 Å². The molecule has 0 spiro atoms. The zero-order valence-electron chi connectivity index (χ0n) is 10.1. The minimum absolute atomic E-state index is 0.179. The van der Waals surface area contributed by atoms with Gasteiger partial charge in [-0.25, -0.2) is 4.79 Å². The van der Waals surface area contributed by atoms with Gasteiger partial charge in [0, 0.05) is 10.9 Å². The molecule has 0 radical (unpaired) electrons. The molecule has 0 atom stereocenters. The van der Waals surface area contributed by atoms with Gasteiger partial charge < -0.3 is 14.5 Å². The summed E-state index contributed by atoms with van der Waals surface area (Å²) < 4.78 is 9.75. The maximum Gasteiger partial charge on any atom is 0.381 e. The van der Waals surface area contributed by atoms with Crippen LogP contribution >= 0.6 is 0 Å². The van der Waals surface area contributed by atoms with Crippen molar-refractivity contribution in [2.24, 2.45) is 0 Å². The smallest absolute Gasteiger partial charge is 0.381 e. The lowest BCUT2D eigenvalue weighted by atomic mass is 10.2. The molecule has 1 N–H and O–H groups in total. The highest BCUT2D eigenvalue weighted by Gasteiger charge is 2.19. The maximum absolute atomic E-state index is 11.7. The van der Waals surface area contributed by atoms with Gasteiger partial charge in [-0.2, -0.15) is 0 Å². The van der Waals surface area contributed by atoms with Crippen molar-refractivity contribution in [3.8, 4) is 5.75 Å². The van der Waals surface area contributed by atoms with E-state index in [1.54, 1.807) is 38.3 Å². The van der Waals surface area contributed by atoms with Gasteiger partial charge in [0.2, 0.25) is 0 Å². The van der Waals surface area contributed by atoms with E-state index in [0.717, 1.165) is 10.9 Å². The first-order valence-electron chi connectivity index (χ1n) is 5.54. The van der Waals surface area contributed by atoms with E-state index in [0.29, 0.717) is 5.75 Å². The number of aromatic amines is 1. The van der Waals surface area contributed by atoms with Gasteiger partial charge in [0.25, 0.3) is 5.78 Å². The Balaban J connectivity index is 2.35. The summed E-state index contributed by atoms with van der Waals surface area (Å²) in [6.45, 7) is 1.83. The molecule has 1 heterocycles. The maximum atomic E-state index is 11.7. The molecule has 94 valence electrons. The van der Waals surface area contributed by atoms with E-state index < -0.39 is 11.8 Å². The van der Waals surface area contributed by atoms with E-state index in [-0.39, 0.29) is 12.3 Å². The van der Waals surface area contributed by atoms with Crippen LogP contribution in [0.15, 0.2) is 24.3 Å². The highest BCUT2D eigenvalue weighted by atomic mass is 16.5. The number of fused-ring (bicyclic) bond motifs is 1. The van der Waals surface area contributed by atoms with Gasteiger partial charge in [-0.3, -0.25) is 4.79 Å². The number of rotatable bonds is 4. The van der Waals surface area contributed by atoms with E-state index in [1.165, 1.54) is 0 Å². The largest absolute Gasteiger partial charge is 0.497 e. The summed E-state index contributed by atoms with van der Waals surface area (Å²) in [7, 11) is 1.57. The molecule has 5 nitrogen and oxygen atoms in total. The standard InChI is InChI=1S/C13H13NO4/c1-3-18-13(16)12(15)11-7-8-6-9(17-2)4-5-10(8)14-11/h4-7,14H,3H2,1-2H3. The van der Waals surface area contributed by atoms with Crippen LogP contribution in [-0.4, -0.2) is 30.5 Å². The predicted octanol–water partition coefficient (Wildman–Crippen LogP) is 1.92. The molecule has 2 aromatic rings. The highest BCUT2D eigenvalue weighted by molar-refractivity contribution is 6.40. The molecule has 0 bridgehead atoms. The molecule has 18 heavy (non-hydrogen) atoms. The summed E-state index contributed by atoms with van der Waals surface area (Å²) in [5.41, 5.74) is 0.986. The molecule has 0 aliphatic rings. The van der Waals surface area contributed by atoms with Crippen LogP contribution < -0.4 is 4.74 Å². The molecule has 0 unspecified atom stereocenters. The van der Waals surface area contributed by atoms with Crippen LogP contribution in [0.5, 0.6) is 5.75 Å². The first kappa shape index (κ1) is 12.2. The SMILES string of the molecule is CCOC(=O)C(=O)c1cc2cc(OC)ccc2[nH]1. The van der Waals surface area contributed by atoms with E-state index in [1.807, 2.05) is 0 Å². The Morgan fingerprint density at radius 2 is 2.06 bits per heavy atom. The Morgan fingerprint density at radius 1 is 1.28 bits per heavy atom. The number of ether oxygens (including phenoxy) is 2. The van der Waals surface area contributed by atoms with Crippen LogP contribution in [0.4, 0.5) is 0 Å². The molecular weight excluding hydrogens is 234 g/mol. The Kier molecular flexibility index (Phi) is 3.32. The third-order valence-corrected chi connectivity index (χ3v) is 2.53. The lowest BCUT2D eigenvalue weighted by Crippen LogP contribution is -2.17. The lowest BCUT2D eigenvalue weighted by Gasteiger charge is -1.97. The number of benzene rings is 1. The van der Waals surface area contributed by atoms with Crippen LogP contribution in [-0.2, 0) is 9.53 Å². The molecule has 2 rings (SSSR count). The summed E-state index contributed by atoms with van der Waals surface area (Å²) in [5, 5.41) is 0.807. The average molecular weight is 247 g/mol. The number of ketones is 1. The molecule has 0 aliphatic heterocycles. The van der Waals surface area contributed by atoms with Gasteiger partial charge in [-0.15, -0.1) is 0 Å². The lowest BCUT2D eigenvalue weighted by molar-refractivity contribution is -0.137. The second-order valence-electron chi connectivity index (χ2n) is 3.69. The van der Waals surface area contributed by atoms with Crippen molar-refractivity contribution in [1.82, 2.24) is 4.98 Å². The fourth-order valence-electron chi connectivity index (χ4n) is 1.67. The second-order valence-corrected chi connectivity index (χ2v) is 3.69. The molecule has 0 aliphatic carbocycles. The molecule has 0 saturated carbocycles. The summed E-state index contributed by atoms with van der Waals surface area (Å²) in [5.74, 6) is -0.834. The summed E-state index contributed by atoms with van der Waals surface area (Å²) in [6.07, 6.45) is 0. The van der Waals surface area contributed by atoms with Crippen LogP contribution in [0, 0.1) is 0 Å². The van der Waals surface area contributed by atoms with Gasteiger partial charge in [-0.1, -0.05) is 0 Å². The monoisotopic (exact) mass is 247 g/mol. The number of aromatic nitrogens is 1. The molecule has 0 saturated heterocycles. The van der Waals surface area contributed by atoms with Crippen molar-refractivity contribution in [2.45, 2.75) is 6.92 Å². The van der Waals surface area contributed by atoms with Crippen LogP contribution in [0.3, 0.4) is 0 Å². The number of hydrogen-bond donors (Lipinski definition) is 1. The Labute approximate surface area is 104 Å². The second kappa shape index (κ2) is 4.91. The van der Waals surface area contributed by atoms with Gasteiger partial charge in [0.15, 0.2) is 0 Å². The Hall–Kier alpha value is -2.30. The molecule has 1 aromatic carbocycles. The first-order chi connectivity index (χ1) is 8.65. The van der Waals surface area contributed by atoms with E-state index in [2.05, 4.69) is 9.72 Å². The third kappa shape index (κ3) is 2.20. The van der Waals surface area contributed by atoms with Crippen molar-refractivity contribution < 1.29 is 19.1 Å². The van der Waals surface area contributed by atoms with Gasteiger partial charge >= 0.3 is 5.97 Å².